The Balaban J connectivity index is 2.59. The lowest BCUT2D eigenvalue weighted by molar-refractivity contribution is -0.0141. The van der Waals surface area contributed by atoms with Crippen molar-refractivity contribution in [3.8, 4) is 0 Å². The standard InChI is InChI=1S/C18H21F4N3O2/c1-9(23)14(19)16(25-10(2)24)13(18-26-6-7-27-18)8-11-4-3-5-12(15(11)20)17(21)22/h3-5,14,17-18H,1,6-8,23H2,2H3,(H2,24,25)/b16-13+. The molecule has 5 nitrogen and oxygen atoms in total. The molecule has 1 heterocycles. The van der Waals surface area contributed by atoms with Crippen LogP contribution in [0, 0.1) is 5.82 Å². The number of hydrogen-bond acceptors (Lipinski definition) is 4. The smallest absolute Gasteiger partial charge is 0.266 e. The molecular formula is C18H21F4N3O2. The molecule has 148 valence electrons. The molecule has 0 aliphatic carbocycles. The van der Waals surface area contributed by atoms with Crippen LogP contribution < -0.4 is 11.5 Å². The topological polar surface area (TPSA) is 82.9 Å². The first kappa shape index (κ1) is 20.9. The molecule has 0 saturated carbocycles. The largest absolute Gasteiger partial charge is 0.400 e. The molecule has 0 bridgehead atoms. The molecule has 2 rings (SSSR count). The number of hydrogen-bond donors (Lipinski definition) is 2. The van der Waals surface area contributed by atoms with Crippen LogP contribution in [0.5, 0.6) is 0 Å². The van der Waals surface area contributed by atoms with Gasteiger partial charge >= 0.3 is 0 Å². The summed E-state index contributed by atoms with van der Waals surface area (Å²) >= 11 is 0. The maximum absolute atomic E-state index is 14.7. The number of halogens is 4. The molecule has 1 aliphatic heterocycles. The zero-order valence-electron chi connectivity index (χ0n) is 14.7. The van der Waals surface area contributed by atoms with Crippen LogP contribution in [-0.2, 0) is 15.9 Å². The van der Waals surface area contributed by atoms with Gasteiger partial charge in [-0.05, 0) is 12.5 Å². The number of nitrogens with zero attached hydrogens (tertiary/aromatic N) is 1. The predicted octanol–water partition coefficient (Wildman–Crippen LogP) is 3.12. The Kier molecular flexibility index (Phi) is 6.98. The minimum Gasteiger partial charge on any atom is -0.400 e. The van der Waals surface area contributed by atoms with Crippen LogP contribution >= 0.6 is 0 Å². The molecule has 4 N–H and O–H groups in total. The summed E-state index contributed by atoms with van der Waals surface area (Å²) in [6.45, 7) is 5.24. The van der Waals surface area contributed by atoms with Crippen molar-refractivity contribution < 1.29 is 27.0 Å². The Morgan fingerprint density at radius 1 is 1.26 bits per heavy atom. The van der Waals surface area contributed by atoms with Crippen LogP contribution in [0.25, 0.3) is 0 Å². The highest BCUT2D eigenvalue weighted by Crippen LogP contribution is 2.30. The highest BCUT2D eigenvalue weighted by Gasteiger charge is 2.30. The lowest BCUT2D eigenvalue weighted by atomic mass is 9.98. The minimum atomic E-state index is -2.99. The van der Waals surface area contributed by atoms with Gasteiger partial charge in [0.25, 0.3) is 6.43 Å². The summed E-state index contributed by atoms with van der Waals surface area (Å²) in [6.07, 6.45) is -6.22. The van der Waals surface area contributed by atoms with E-state index >= 15 is 0 Å². The molecule has 27 heavy (non-hydrogen) atoms. The maximum Gasteiger partial charge on any atom is 0.266 e. The van der Waals surface area contributed by atoms with Crippen LogP contribution in [0.1, 0.15) is 24.5 Å². The Morgan fingerprint density at radius 3 is 2.41 bits per heavy atom. The van der Waals surface area contributed by atoms with E-state index in [-0.39, 0.29) is 48.0 Å². The zero-order chi connectivity index (χ0) is 20.1. The molecule has 0 amide bonds. The molecule has 1 aromatic carbocycles. The maximum atomic E-state index is 14.7. The van der Waals surface area contributed by atoms with E-state index in [0.29, 0.717) is 0 Å². The van der Waals surface area contributed by atoms with Gasteiger partial charge in [-0.3, -0.25) is 0 Å². The van der Waals surface area contributed by atoms with Gasteiger partial charge in [-0.25, -0.2) is 22.6 Å². The summed E-state index contributed by atoms with van der Waals surface area (Å²) in [5.41, 5.74) is 9.73. The second kappa shape index (κ2) is 9.01. The number of aliphatic imine (C=N–C) groups is 1. The molecule has 9 heteroatoms. The van der Waals surface area contributed by atoms with Crippen molar-refractivity contribution in [2.24, 2.45) is 16.5 Å². The highest BCUT2D eigenvalue weighted by atomic mass is 19.3. The summed E-state index contributed by atoms with van der Waals surface area (Å²) in [4.78, 5) is 3.95. The van der Waals surface area contributed by atoms with E-state index in [9.17, 15) is 17.6 Å². The fourth-order valence-electron chi connectivity index (χ4n) is 2.62. The van der Waals surface area contributed by atoms with Crippen molar-refractivity contribution in [1.82, 2.24) is 0 Å². The van der Waals surface area contributed by atoms with Gasteiger partial charge in [0.05, 0.1) is 30.3 Å². The van der Waals surface area contributed by atoms with Gasteiger partial charge in [-0.1, -0.05) is 24.8 Å². The van der Waals surface area contributed by atoms with Crippen molar-refractivity contribution in [1.29, 1.82) is 0 Å². The van der Waals surface area contributed by atoms with Gasteiger partial charge in [0, 0.05) is 17.7 Å². The summed E-state index contributed by atoms with van der Waals surface area (Å²) in [5, 5.41) is 0. The molecule has 0 radical (unpaired) electrons. The van der Waals surface area contributed by atoms with Gasteiger partial charge in [0.15, 0.2) is 12.5 Å². The first-order valence-corrected chi connectivity index (χ1v) is 8.13. The second-order valence-corrected chi connectivity index (χ2v) is 5.97. The van der Waals surface area contributed by atoms with E-state index in [2.05, 4.69) is 11.6 Å². The molecule has 1 fully saturated rings. The minimum absolute atomic E-state index is 0.0196. The molecule has 0 aromatic heterocycles. The van der Waals surface area contributed by atoms with Gasteiger partial charge < -0.3 is 20.9 Å². The molecule has 1 saturated heterocycles. The second-order valence-electron chi connectivity index (χ2n) is 5.97. The first-order chi connectivity index (χ1) is 12.7. The van der Waals surface area contributed by atoms with Crippen molar-refractivity contribution in [3.63, 3.8) is 0 Å². The van der Waals surface area contributed by atoms with E-state index in [4.69, 9.17) is 20.9 Å². The van der Waals surface area contributed by atoms with Gasteiger partial charge in [0.2, 0.25) is 0 Å². The average Bonchev–Trinajstić information content (AvgIpc) is 3.12. The molecule has 1 aromatic rings. The number of ether oxygens (including phenoxy) is 2. The summed E-state index contributed by atoms with van der Waals surface area (Å²) < 4.78 is 65.9. The predicted molar refractivity (Wildman–Crippen MR) is 93.3 cm³/mol. The molecule has 1 unspecified atom stereocenters. The third-order valence-corrected chi connectivity index (χ3v) is 3.82. The van der Waals surface area contributed by atoms with E-state index in [1.54, 1.807) is 0 Å². The van der Waals surface area contributed by atoms with Crippen molar-refractivity contribution in [2.75, 3.05) is 13.2 Å². The van der Waals surface area contributed by atoms with Crippen LogP contribution in [-0.4, -0.2) is 31.5 Å². The molecular weight excluding hydrogens is 366 g/mol. The molecule has 1 aliphatic rings. The van der Waals surface area contributed by atoms with E-state index < -0.39 is 30.3 Å². The monoisotopic (exact) mass is 387 g/mol. The van der Waals surface area contributed by atoms with Crippen molar-refractivity contribution in [3.05, 3.63) is 58.7 Å². The Morgan fingerprint density at radius 2 is 1.89 bits per heavy atom. The number of nitrogens with two attached hydrogens (primary N) is 2. The van der Waals surface area contributed by atoms with E-state index in [1.165, 1.54) is 19.1 Å². The first-order valence-electron chi connectivity index (χ1n) is 8.13. The number of alkyl halides is 3. The Labute approximate surface area is 154 Å². The van der Waals surface area contributed by atoms with Gasteiger partial charge in [0.1, 0.15) is 5.82 Å². The number of amidine groups is 1. The average molecular weight is 387 g/mol. The molecule has 1 atom stereocenters. The van der Waals surface area contributed by atoms with Gasteiger partial charge in [-0.15, -0.1) is 0 Å². The highest BCUT2D eigenvalue weighted by molar-refractivity contribution is 5.78. The Hall–Kier alpha value is -2.39. The van der Waals surface area contributed by atoms with E-state index in [1.807, 2.05) is 0 Å². The summed E-state index contributed by atoms with van der Waals surface area (Å²) in [7, 11) is 0. The van der Waals surface area contributed by atoms with Crippen LogP contribution in [0.2, 0.25) is 0 Å². The number of rotatable bonds is 7. The SMILES string of the molecule is C=C(N)C(F)/C(N=C(C)N)=C(/Cc1cccc(C(F)F)c1F)C1OCCO1. The van der Waals surface area contributed by atoms with Crippen LogP contribution in [0.4, 0.5) is 17.6 Å². The lowest BCUT2D eigenvalue weighted by Gasteiger charge is -2.21. The molecule has 0 spiro atoms. The summed E-state index contributed by atoms with van der Waals surface area (Å²) in [6, 6.07) is 3.59. The van der Waals surface area contributed by atoms with Crippen LogP contribution in [0.15, 0.2) is 46.7 Å². The zero-order valence-corrected chi connectivity index (χ0v) is 14.7. The van der Waals surface area contributed by atoms with Crippen LogP contribution in [0.3, 0.4) is 0 Å². The number of benzene rings is 1. The van der Waals surface area contributed by atoms with Crippen molar-refractivity contribution >= 4 is 5.84 Å². The lowest BCUT2D eigenvalue weighted by Crippen LogP contribution is -2.24. The van der Waals surface area contributed by atoms with Crippen molar-refractivity contribution in [2.45, 2.75) is 32.2 Å². The fraction of sp³-hybridized carbons (Fsp3) is 0.389. The van der Waals surface area contributed by atoms with E-state index in [0.717, 1.165) is 6.07 Å². The fourth-order valence-corrected chi connectivity index (χ4v) is 2.62. The summed E-state index contributed by atoms with van der Waals surface area (Å²) in [5.74, 6) is -1.07. The quantitative estimate of drug-likeness (QED) is 0.428. The van der Waals surface area contributed by atoms with Gasteiger partial charge in [-0.2, -0.15) is 0 Å². The normalized spacial score (nSPS) is 17.9. The third kappa shape index (κ3) is 5.08. The third-order valence-electron chi connectivity index (χ3n) is 3.82. The Bertz CT molecular complexity index is 755.